The van der Waals surface area contributed by atoms with E-state index in [9.17, 15) is 9.59 Å². The van der Waals surface area contributed by atoms with Crippen LogP contribution in [0.4, 0.5) is 5.69 Å². The topological polar surface area (TPSA) is 93.3 Å². The first-order chi connectivity index (χ1) is 14.0. The number of esters is 1. The van der Waals surface area contributed by atoms with Gasteiger partial charge in [-0.05, 0) is 56.5 Å². The van der Waals surface area contributed by atoms with Crippen LogP contribution in [0.2, 0.25) is 0 Å². The number of ether oxygens (including phenoxy) is 2. The highest BCUT2D eigenvalue weighted by Gasteiger charge is 2.30. The molecule has 0 spiro atoms. The van der Waals surface area contributed by atoms with Gasteiger partial charge in [0.25, 0.3) is 0 Å². The minimum Gasteiger partial charge on any atom is -0.462 e. The Balaban J connectivity index is 1.61. The van der Waals surface area contributed by atoms with Crippen LogP contribution >= 0.6 is 11.3 Å². The number of rotatable bonds is 5. The third-order valence-electron chi connectivity index (χ3n) is 4.74. The Bertz CT molecular complexity index is 1080. The highest BCUT2D eigenvalue weighted by atomic mass is 32.1. The largest absolute Gasteiger partial charge is 0.462 e. The first-order valence-corrected chi connectivity index (χ1v) is 10.2. The van der Waals surface area contributed by atoms with Crippen molar-refractivity contribution in [3.8, 4) is 22.9 Å². The predicted molar refractivity (Wildman–Crippen MR) is 111 cm³/mol. The summed E-state index contributed by atoms with van der Waals surface area (Å²) in [5, 5.41) is 10.2. The van der Waals surface area contributed by atoms with E-state index in [1.807, 2.05) is 13.8 Å². The van der Waals surface area contributed by atoms with Crippen LogP contribution in [0.1, 0.15) is 39.5 Å². The number of amides is 1. The summed E-state index contributed by atoms with van der Waals surface area (Å²) < 4.78 is 11.2. The van der Waals surface area contributed by atoms with Crippen molar-refractivity contribution < 1.29 is 19.1 Å². The van der Waals surface area contributed by atoms with Gasteiger partial charge >= 0.3 is 5.97 Å². The summed E-state index contributed by atoms with van der Waals surface area (Å²) in [4.78, 5) is 25.2. The van der Waals surface area contributed by atoms with Crippen molar-refractivity contribution in [3.63, 3.8) is 0 Å². The number of fused-ring (bicyclic) bond motifs is 3. The lowest BCUT2D eigenvalue weighted by molar-refractivity contribution is -0.114. The van der Waals surface area contributed by atoms with Crippen LogP contribution in [0.15, 0.2) is 24.3 Å². The number of hydrogen-bond acceptors (Lipinski definition) is 6. The van der Waals surface area contributed by atoms with Crippen LogP contribution in [-0.2, 0) is 22.4 Å². The molecule has 2 aromatic heterocycles. The maximum Gasteiger partial charge on any atom is 0.348 e. The number of carbonyl (C=O) groups is 2. The Labute approximate surface area is 172 Å². The maximum atomic E-state index is 12.3. The van der Waals surface area contributed by atoms with Gasteiger partial charge in [-0.2, -0.15) is 0 Å². The summed E-state index contributed by atoms with van der Waals surface area (Å²) in [6.07, 6.45) is 1.46. The van der Waals surface area contributed by atoms with Crippen molar-refractivity contribution >= 4 is 28.9 Å². The Hall–Kier alpha value is -3.13. The molecule has 150 valence electrons. The molecule has 29 heavy (non-hydrogen) atoms. The molecule has 7 nitrogen and oxygen atoms in total. The summed E-state index contributed by atoms with van der Waals surface area (Å²) >= 11 is 1.46. The first-order valence-electron chi connectivity index (χ1n) is 9.40. The minimum absolute atomic E-state index is 0.121. The Morgan fingerprint density at radius 1 is 1.21 bits per heavy atom. The molecule has 2 heterocycles. The van der Waals surface area contributed by atoms with Gasteiger partial charge in [0.1, 0.15) is 10.6 Å². The summed E-state index contributed by atoms with van der Waals surface area (Å²) in [5.74, 6) is 0.777. The van der Waals surface area contributed by atoms with E-state index in [0.29, 0.717) is 28.8 Å². The Kier molecular flexibility index (Phi) is 5.10. The molecule has 0 saturated carbocycles. The molecule has 0 atom stereocenters. The molecule has 4 rings (SSSR count). The highest BCUT2D eigenvalue weighted by Crippen LogP contribution is 2.44. The number of benzene rings is 1. The van der Waals surface area contributed by atoms with E-state index in [1.54, 1.807) is 24.3 Å². The molecule has 1 aliphatic rings. The molecular formula is C21H21N3O4S. The number of aryl methyl sites for hydroxylation is 1. The molecule has 1 aliphatic carbocycles. The van der Waals surface area contributed by atoms with Crippen molar-refractivity contribution in [2.24, 2.45) is 0 Å². The SMILES string of the molecule is CCOC(=O)c1sc(C)c2c1CCc1c(Oc3ccc(NC(C)=O)cc3)n[nH]c1-2. The zero-order valence-corrected chi connectivity index (χ0v) is 17.2. The van der Waals surface area contributed by atoms with Gasteiger partial charge in [-0.15, -0.1) is 16.4 Å². The fourth-order valence-electron chi connectivity index (χ4n) is 3.56. The first kappa shape index (κ1) is 19.2. The number of anilines is 1. The van der Waals surface area contributed by atoms with Crippen LogP contribution in [0.5, 0.6) is 11.6 Å². The number of hydrogen-bond donors (Lipinski definition) is 2. The van der Waals surface area contributed by atoms with Crippen molar-refractivity contribution in [1.82, 2.24) is 10.2 Å². The summed E-state index contributed by atoms with van der Waals surface area (Å²) in [6.45, 7) is 5.64. The zero-order valence-electron chi connectivity index (χ0n) is 16.4. The smallest absolute Gasteiger partial charge is 0.348 e. The van der Waals surface area contributed by atoms with Gasteiger partial charge in [-0.25, -0.2) is 4.79 Å². The van der Waals surface area contributed by atoms with Gasteiger partial charge < -0.3 is 14.8 Å². The Morgan fingerprint density at radius 3 is 2.62 bits per heavy atom. The third kappa shape index (κ3) is 3.63. The molecular weight excluding hydrogens is 390 g/mol. The van der Waals surface area contributed by atoms with Crippen LogP contribution in [0.3, 0.4) is 0 Å². The molecule has 1 amide bonds. The van der Waals surface area contributed by atoms with Gasteiger partial charge in [0.15, 0.2) is 0 Å². The summed E-state index contributed by atoms with van der Waals surface area (Å²) in [6, 6.07) is 7.13. The van der Waals surface area contributed by atoms with Crippen molar-refractivity contribution in [1.29, 1.82) is 0 Å². The number of H-pyrrole nitrogens is 1. The normalized spacial score (nSPS) is 12.1. The van der Waals surface area contributed by atoms with Crippen molar-refractivity contribution in [2.75, 3.05) is 11.9 Å². The van der Waals surface area contributed by atoms with Gasteiger partial charge in [-0.1, -0.05) is 0 Å². The molecule has 1 aromatic carbocycles. The minimum atomic E-state index is -0.263. The van der Waals surface area contributed by atoms with E-state index in [2.05, 4.69) is 15.5 Å². The fourth-order valence-corrected chi connectivity index (χ4v) is 4.66. The van der Waals surface area contributed by atoms with Crippen LogP contribution < -0.4 is 10.1 Å². The highest BCUT2D eigenvalue weighted by molar-refractivity contribution is 7.14. The lowest BCUT2D eigenvalue weighted by Gasteiger charge is -2.15. The number of nitrogens with one attached hydrogen (secondary N) is 2. The van der Waals surface area contributed by atoms with E-state index in [0.717, 1.165) is 40.1 Å². The average Bonchev–Trinajstić information content (AvgIpc) is 3.24. The monoisotopic (exact) mass is 411 g/mol. The molecule has 0 aliphatic heterocycles. The Morgan fingerprint density at radius 2 is 1.93 bits per heavy atom. The third-order valence-corrected chi connectivity index (χ3v) is 5.86. The second-order valence-corrected chi connectivity index (χ2v) is 7.98. The zero-order chi connectivity index (χ0) is 20.5. The lowest BCUT2D eigenvalue weighted by atomic mass is 9.90. The molecule has 0 fully saturated rings. The molecule has 0 bridgehead atoms. The van der Waals surface area contributed by atoms with Gasteiger partial charge in [0.05, 0.1) is 12.3 Å². The van der Waals surface area contributed by atoms with E-state index < -0.39 is 0 Å². The predicted octanol–water partition coefficient (Wildman–Crippen LogP) is 4.47. The lowest BCUT2D eigenvalue weighted by Crippen LogP contribution is -2.09. The molecule has 0 radical (unpaired) electrons. The van der Waals surface area contributed by atoms with Crippen LogP contribution in [0.25, 0.3) is 11.3 Å². The fraction of sp³-hybridized carbons (Fsp3) is 0.286. The summed E-state index contributed by atoms with van der Waals surface area (Å²) in [7, 11) is 0. The van der Waals surface area contributed by atoms with Crippen molar-refractivity contribution in [2.45, 2.75) is 33.6 Å². The van der Waals surface area contributed by atoms with Crippen molar-refractivity contribution in [3.05, 3.63) is 45.1 Å². The maximum absolute atomic E-state index is 12.3. The number of aromatic nitrogens is 2. The number of carbonyl (C=O) groups excluding carboxylic acids is 2. The number of nitrogens with zero attached hydrogens (tertiary/aromatic N) is 1. The van der Waals surface area contributed by atoms with E-state index in [1.165, 1.54) is 18.3 Å². The average molecular weight is 411 g/mol. The second-order valence-electron chi connectivity index (χ2n) is 6.75. The van der Waals surface area contributed by atoms with E-state index in [-0.39, 0.29) is 11.9 Å². The quantitative estimate of drug-likeness (QED) is 0.604. The van der Waals surface area contributed by atoms with Gasteiger partial charge in [-0.3, -0.25) is 9.89 Å². The van der Waals surface area contributed by atoms with Gasteiger partial charge in [0, 0.05) is 28.6 Å². The summed E-state index contributed by atoms with van der Waals surface area (Å²) in [5.41, 5.74) is 4.66. The van der Waals surface area contributed by atoms with Crippen LogP contribution in [0, 0.1) is 6.92 Å². The molecule has 0 unspecified atom stereocenters. The molecule has 0 saturated heterocycles. The molecule has 8 heteroatoms. The second kappa shape index (κ2) is 7.71. The van der Waals surface area contributed by atoms with E-state index >= 15 is 0 Å². The number of aromatic amines is 1. The van der Waals surface area contributed by atoms with Crippen LogP contribution in [-0.4, -0.2) is 28.7 Å². The van der Waals surface area contributed by atoms with Gasteiger partial charge in [0.2, 0.25) is 11.8 Å². The molecule has 2 N–H and O–H groups in total. The molecule has 3 aromatic rings. The van der Waals surface area contributed by atoms with E-state index in [4.69, 9.17) is 9.47 Å². The number of thiophene rings is 1. The standard InChI is InChI=1S/C21H21N3O4S/c1-4-27-21(26)19-15-9-10-16-18(17(15)11(2)29-19)23-24-20(16)28-14-7-5-13(6-8-14)22-12(3)25/h5-8H,4,9-10H2,1-3H3,(H,22,25)(H,23,24).